The molecule has 0 saturated heterocycles. The van der Waals surface area contributed by atoms with E-state index in [-0.39, 0.29) is 23.9 Å². The predicted octanol–water partition coefficient (Wildman–Crippen LogP) is 5.55. The third kappa shape index (κ3) is 6.33. The van der Waals surface area contributed by atoms with Crippen molar-refractivity contribution in [2.75, 3.05) is 25.5 Å². The molecule has 1 heterocycles. The third-order valence-corrected chi connectivity index (χ3v) is 8.66. The van der Waals surface area contributed by atoms with Crippen LogP contribution < -0.4 is 10.1 Å². The summed E-state index contributed by atoms with van der Waals surface area (Å²) >= 11 is 6.06. The van der Waals surface area contributed by atoms with Gasteiger partial charge in [0, 0.05) is 29.0 Å². The number of amides is 1. The minimum absolute atomic E-state index is 0.114. The number of hydrogen-bond donors (Lipinski definition) is 1. The van der Waals surface area contributed by atoms with E-state index in [0.29, 0.717) is 22.4 Å². The second-order valence-corrected chi connectivity index (χ2v) is 12.0. The van der Waals surface area contributed by atoms with Gasteiger partial charge in [-0.15, -0.1) is 0 Å². The van der Waals surface area contributed by atoms with Crippen molar-refractivity contribution in [1.82, 2.24) is 13.9 Å². The average Bonchev–Trinajstić information content (AvgIpc) is 3.66. The smallest absolute Gasteiger partial charge is 0.243 e. The predicted molar refractivity (Wildman–Crippen MR) is 152 cm³/mol. The van der Waals surface area contributed by atoms with Crippen LogP contribution in [-0.4, -0.2) is 48.4 Å². The molecule has 1 aromatic heterocycles. The largest absolute Gasteiger partial charge is 0.497 e. The number of halogens is 1. The van der Waals surface area contributed by atoms with Crippen molar-refractivity contribution in [3.05, 3.63) is 89.6 Å². The van der Waals surface area contributed by atoms with Gasteiger partial charge in [0.1, 0.15) is 5.75 Å². The lowest BCUT2D eigenvalue weighted by molar-refractivity contribution is -0.116. The van der Waals surface area contributed by atoms with E-state index in [1.165, 1.54) is 23.5 Å². The van der Waals surface area contributed by atoms with Crippen LogP contribution in [0.4, 0.5) is 5.95 Å². The topological polar surface area (TPSA) is 93.5 Å². The number of imidazole rings is 1. The first kappa shape index (κ1) is 26.9. The normalized spacial score (nSPS) is 13.4. The van der Waals surface area contributed by atoms with E-state index in [0.717, 1.165) is 29.7 Å². The maximum atomic E-state index is 13.5. The zero-order valence-corrected chi connectivity index (χ0v) is 23.2. The standard InChI is InChI=1S/C29H29ClN4O4S/c1-20-3-11-24(12-4-20)34-18-27(22-7-9-23(30)10-8-22)31-29(34)32-28(35)19-33(17-21-5-6-21)39(36,37)26-15-13-25(38-2)14-16-26/h3-4,7-16,18,21H,5-6,17,19H2,1-2H3,(H,31,32,35). The highest BCUT2D eigenvalue weighted by Crippen LogP contribution is 2.32. The first-order valence-electron chi connectivity index (χ1n) is 12.6. The first-order chi connectivity index (χ1) is 18.7. The fourth-order valence-electron chi connectivity index (χ4n) is 4.19. The van der Waals surface area contributed by atoms with Crippen molar-refractivity contribution in [3.63, 3.8) is 0 Å². The number of ether oxygens (including phenoxy) is 1. The highest BCUT2D eigenvalue weighted by molar-refractivity contribution is 7.89. The monoisotopic (exact) mass is 564 g/mol. The van der Waals surface area contributed by atoms with Gasteiger partial charge >= 0.3 is 0 Å². The number of sulfonamides is 1. The molecule has 0 atom stereocenters. The Bertz CT molecular complexity index is 1560. The maximum absolute atomic E-state index is 13.5. The fraction of sp³-hybridized carbons (Fsp3) is 0.241. The van der Waals surface area contributed by atoms with Crippen LogP contribution in [0.5, 0.6) is 5.75 Å². The van der Waals surface area contributed by atoms with Crippen molar-refractivity contribution in [3.8, 4) is 22.7 Å². The number of benzene rings is 3. The van der Waals surface area contributed by atoms with Crippen LogP contribution in [0.25, 0.3) is 16.9 Å². The number of nitrogens with zero attached hydrogens (tertiary/aromatic N) is 3. The number of carbonyl (C=O) groups is 1. The molecule has 1 N–H and O–H groups in total. The van der Waals surface area contributed by atoms with Gasteiger partial charge in [0.05, 0.1) is 24.2 Å². The molecule has 0 spiro atoms. The van der Waals surface area contributed by atoms with Crippen molar-refractivity contribution in [2.45, 2.75) is 24.7 Å². The lowest BCUT2D eigenvalue weighted by Crippen LogP contribution is -2.39. The van der Waals surface area contributed by atoms with Crippen LogP contribution in [0.3, 0.4) is 0 Å². The van der Waals surface area contributed by atoms with Crippen LogP contribution in [0, 0.1) is 12.8 Å². The fourth-order valence-corrected chi connectivity index (χ4v) is 5.79. The zero-order chi connectivity index (χ0) is 27.6. The zero-order valence-electron chi connectivity index (χ0n) is 21.7. The number of aromatic nitrogens is 2. The van der Waals surface area contributed by atoms with Gasteiger partial charge in [-0.1, -0.05) is 41.4 Å². The molecule has 10 heteroatoms. The summed E-state index contributed by atoms with van der Waals surface area (Å²) in [7, 11) is -2.38. The molecule has 0 radical (unpaired) electrons. The Morgan fingerprint density at radius 3 is 2.33 bits per heavy atom. The van der Waals surface area contributed by atoms with Crippen LogP contribution in [0.2, 0.25) is 5.02 Å². The summed E-state index contributed by atoms with van der Waals surface area (Å²) in [5.41, 5.74) is 3.38. The second-order valence-electron chi connectivity index (χ2n) is 9.63. The Morgan fingerprint density at radius 2 is 1.72 bits per heavy atom. The number of methoxy groups -OCH3 is 1. The van der Waals surface area contributed by atoms with Gasteiger partial charge in [-0.05, 0) is 74.2 Å². The molecule has 0 bridgehead atoms. The van der Waals surface area contributed by atoms with Crippen LogP contribution in [0.1, 0.15) is 18.4 Å². The maximum Gasteiger partial charge on any atom is 0.243 e. The Balaban J connectivity index is 1.43. The van der Waals surface area contributed by atoms with E-state index in [1.54, 1.807) is 28.8 Å². The molecule has 8 nitrogen and oxygen atoms in total. The summed E-state index contributed by atoms with van der Waals surface area (Å²) in [6.45, 7) is 1.95. The first-order valence-corrected chi connectivity index (χ1v) is 14.4. The minimum Gasteiger partial charge on any atom is -0.497 e. The third-order valence-electron chi connectivity index (χ3n) is 6.59. The Labute approximate surface area is 233 Å². The number of nitrogens with one attached hydrogen (secondary N) is 1. The number of anilines is 1. The van der Waals surface area contributed by atoms with Crippen LogP contribution in [0.15, 0.2) is 83.9 Å². The molecule has 1 aliphatic rings. The molecule has 1 fully saturated rings. The summed E-state index contributed by atoms with van der Waals surface area (Å²) in [4.78, 5) is 18.1. The van der Waals surface area contributed by atoms with Crippen molar-refractivity contribution < 1.29 is 17.9 Å². The van der Waals surface area contributed by atoms with Gasteiger partial charge in [-0.25, -0.2) is 13.4 Å². The van der Waals surface area contributed by atoms with Gasteiger partial charge in [-0.2, -0.15) is 4.31 Å². The minimum atomic E-state index is -3.90. The SMILES string of the molecule is COc1ccc(S(=O)(=O)N(CC(=O)Nc2nc(-c3ccc(Cl)cc3)cn2-c2ccc(C)cc2)CC2CC2)cc1. The molecule has 1 saturated carbocycles. The molecular weight excluding hydrogens is 536 g/mol. The van der Waals surface area contributed by atoms with E-state index in [1.807, 2.05) is 49.5 Å². The number of aryl methyl sites for hydroxylation is 1. The van der Waals surface area contributed by atoms with Gasteiger partial charge in [-0.3, -0.25) is 14.7 Å². The van der Waals surface area contributed by atoms with Gasteiger partial charge < -0.3 is 4.74 Å². The van der Waals surface area contributed by atoms with E-state index in [9.17, 15) is 13.2 Å². The summed E-state index contributed by atoms with van der Waals surface area (Å²) < 4.78 is 35.2. The number of carbonyl (C=O) groups excluding carboxylic acids is 1. The molecule has 1 amide bonds. The summed E-state index contributed by atoms with van der Waals surface area (Å²) in [5.74, 6) is 0.619. The van der Waals surface area contributed by atoms with Gasteiger partial charge in [0.2, 0.25) is 21.9 Å². The highest BCUT2D eigenvalue weighted by Gasteiger charge is 2.33. The lowest BCUT2D eigenvalue weighted by Gasteiger charge is -2.22. The van der Waals surface area contributed by atoms with Crippen LogP contribution in [-0.2, 0) is 14.8 Å². The Morgan fingerprint density at radius 1 is 1.05 bits per heavy atom. The average molecular weight is 565 g/mol. The lowest BCUT2D eigenvalue weighted by atomic mass is 10.2. The second kappa shape index (κ2) is 11.2. The summed E-state index contributed by atoms with van der Waals surface area (Å²) in [6, 6.07) is 21.3. The number of rotatable bonds is 10. The molecule has 1 aliphatic carbocycles. The molecule has 5 rings (SSSR count). The summed E-state index contributed by atoms with van der Waals surface area (Å²) in [5, 5.41) is 3.46. The highest BCUT2D eigenvalue weighted by atomic mass is 35.5. The van der Waals surface area contributed by atoms with E-state index in [4.69, 9.17) is 16.3 Å². The Kier molecular flexibility index (Phi) is 7.74. The molecule has 39 heavy (non-hydrogen) atoms. The molecule has 0 aliphatic heterocycles. The van der Waals surface area contributed by atoms with Crippen molar-refractivity contribution >= 4 is 33.5 Å². The molecule has 202 valence electrons. The van der Waals surface area contributed by atoms with E-state index < -0.39 is 15.9 Å². The summed E-state index contributed by atoms with van der Waals surface area (Å²) in [6.07, 6.45) is 3.72. The quantitative estimate of drug-likeness (QED) is 0.273. The molecule has 0 unspecified atom stereocenters. The van der Waals surface area contributed by atoms with Gasteiger partial charge in [0.15, 0.2) is 0 Å². The van der Waals surface area contributed by atoms with E-state index in [2.05, 4.69) is 10.3 Å². The van der Waals surface area contributed by atoms with Crippen LogP contribution >= 0.6 is 11.6 Å². The Hall–Kier alpha value is -3.66. The van der Waals surface area contributed by atoms with Crippen molar-refractivity contribution in [2.24, 2.45) is 5.92 Å². The van der Waals surface area contributed by atoms with Crippen molar-refractivity contribution in [1.29, 1.82) is 0 Å². The van der Waals surface area contributed by atoms with E-state index >= 15 is 0 Å². The molecule has 4 aromatic rings. The molecule has 3 aromatic carbocycles. The molecular formula is C29H29ClN4O4S. The van der Waals surface area contributed by atoms with Gasteiger partial charge in [0.25, 0.3) is 0 Å². The number of hydrogen-bond acceptors (Lipinski definition) is 5.